The normalized spacial score (nSPS) is 16.5. The number of carboxylic acid groups (broad SMARTS) is 1. The first-order chi connectivity index (χ1) is 8.74. The predicted molar refractivity (Wildman–Crippen MR) is 73.3 cm³/mol. The maximum Gasteiger partial charge on any atom is 0.337 e. The van der Waals surface area contributed by atoms with Crippen LogP contribution in [0.4, 0.5) is 5.69 Å². The smallest absolute Gasteiger partial charge is 0.337 e. The molecule has 0 aliphatic heterocycles. The number of hydrogen-bond donors (Lipinski definition) is 1. The number of rotatable bonds is 4. The van der Waals surface area contributed by atoms with Gasteiger partial charge in [-0.05, 0) is 31.9 Å². The third kappa shape index (κ3) is 2.66. The molecule has 0 unspecified atom stereocenters. The molecule has 1 fully saturated rings. The van der Waals surface area contributed by atoms with E-state index in [1.165, 1.54) is 32.1 Å². The number of aromatic carboxylic acids is 1. The van der Waals surface area contributed by atoms with E-state index < -0.39 is 5.97 Å². The fourth-order valence-electron chi connectivity index (χ4n) is 2.92. The Bertz CT molecular complexity index is 411. The van der Waals surface area contributed by atoms with Crippen molar-refractivity contribution in [1.29, 1.82) is 0 Å². The topological polar surface area (TPSA) is 40.5 Å². The largest absolute Gasteiger partial charge is 0.478 e. The van der Waals surface area contributed by atoms with E-state index in [1.807, 2.05) is 12.1 Å². The average molecular weight is 247 g/mol. The average Bonchev–Trinajstić information content (AvgIpc) is 2.41. The van der Waals surface area contributed by atoms with Gasteiger partial charge in [-0.2, -0.15) is 0 Å². The van der Waals surface area contributed by atoms with Gasteiger partial charge in [-0.3, -0.25) is 0 Å². The van der Waals surface area contributed by atoms with Crippen molar-refractivity contribution in [3.05, 3.63) is 29.8 Å². The van der Waals surface area contributed by atoms with Gasteiger partial charge in [0.05, 0.1) is 11.3 Å². The Balaban J connectivity index is 2.28. The maximum atomic E-state index is 11.3. The molecule has 1 aromatic rings. The number of benzene rings is 1. The maximum absolute atomic E-state index is 11.3. The van der Waals surface area contributed by atoms with Crippen molar-refractivity contribution >= 4 is 11.7 Å². The molecule has 0 amide bonds. The quantitative estimate of drug-likeness (QED) is 0.884. The van der Waals surface area contributed by atoms with E-state index in [0.29, 0.717) is 11.6 Å². The first-order valence-electron chi connectivity index (χ1n) is 6.83. The Hall–Kier alpha value is -1.51. The summed E-state index contributed by atoms with van der Waals surface area (Å²) < 4.78 is 0. The van der Waals surface area contributed by atoms with Gasteiger partial charge in [-0.15, -0.1) is 0 Å². The molecule has 1 aromatic carbocycles. The minimum Gasteiger partial charge on any atom is -0.478 e. The van der Waals surface area contributed by atoms with Gasteiger partial charge in [0.15, 0.2) is 0 Å². The molecule has 1 aliphatic carbocycles. The lowest BCUT2D eigenvalue weighted by Gasteiger charge is -2.36. The van der Waals surface area contributed by atoms with Crippen LogP contribution >= 0.6 is 0 Å². The van der Waals surface area contributed by atoms with Crippen LogP contribution in [0.2, 0.25) is 0 Å². The number of nitrogens with zero attached hydrogens (tertiary/aromatic N) is 1. The molecule has 0 spiro atoms. The van der Waals surface area contributed by atoms with Crippen LogP contribution in [-0.4, -0.2) is 23.7 Å². The molecule has 0 bridgehead atoms. The summed E-state index contributed by atoms with van der Waals surface area (Å²) in [5, 5.41) is 9.28. The summed E-state index contributed by atoms with van der Waals surface area (Å²) in [5.74, 6) is -0.833. The molecule has 3 heteroatoms. The minimum absolute atomic E-state index is 0.421. The molecule has 1 N–H and O–H groups in total. The van der Waals surface area contributed by atoms with Gasteiger partial charge in [0.2, 0.25) is 0 Å². The molecular formula is C15H21NO2. The summed E-state index contributed by atoms with van der Waals surface area (Å²) in [6.45, 7) is 2.97. The molecule has 0 radical (unpaired) electrons. The molecule has 1 aliphatic rings. The highest BCUT2D eigenvalue weighted by Crippen LogP contribution is 2.29. The third-order valence-electron chi connectivity index (χ3n) is 3.80. The van der Waals surface area contributed by atoms with E-state index >= 15 is 0 Å². The summed E-state index contributed by atoms with van der Waals surface area (Å²) in [5.41, 5.74) is 1.30. The standard InChI is InChI=1S/C15H21NO2/c1-2-16(12-8-4-3-5-9-12)14-11-7-6-10-13(14)15(17)18/h6-7,10-12H,2-5,8-9H2,1H3,(H,17,18). The van der Waals surface area contributed by atoms with Gasteiger partial charge in [0.1, 0.15) is 0 Å². The van der Waals surface area contributed by atoms with Crippen molar-refractivity contribution in [2.24, 2.45) is 0 Å². The molecule has 0 aromatic heterocycles. The number of anilines is 1. The van der Waals surface area contributed by atoms with E-state index in [4.69, 9.17) is 0 Å². The Morgan fingerprint density at radius 2 is 1.94 bits per heavy atom. The number of para-hydroxylation sites is 1. The second-order valence-corrected chi connectivity index (χ2v) is 4.90. The zero-order valence-corrected chi connectivity index (χ0v) is 10.9. The molecule has 0 heterocycles. The molecule has 3 nitrogen and oxygen atoms in total. The zero-order valence-electron chi connectivity index (χ0n) is 10.9. The fraction of sp³-hybridized carbons (Fsp3) is 0.533. The van der Waals surface area contributed by atoms with Crippen LogP contribution in [0, 0.1) is 0 Å². The highest BCUT2D eigenvalue weighted by atomic mass is 16.4. The SMILES string of the molecule is CCN(c1ccccc1C(=O)O)C1CCCCC1. The molecule has 1 saturated carbocycles. The van der Waals surface area contributed by atoms with Gasteiger partial charge in [0, 0.05) is 12.6 Å². The summed E-state index contributed by atoms with van der Waals surface area (Å²) in [6, 6.07) is 7.85. The molecule has 18 heavy (non-hydrogen) atoms. The third-order valence-corrected chi connectivity index (χ3v) is 3.80. The van der Waals surface area contributed by atoms with Crippen LogP contribution in [0.5, 0.6) is 0 Å². The van der Waals surface area contributed by atoms with E-state index in [9.17, 15) is 9.90 Å². The van der Waals surface area contributed by atoms with Crippen LogP contribution in [0.3, 0.4) is 0 Å². The number of carboxylic acids is 1. The van der Waals surface area contributed by atoms with E-state index in [2.05, 4.69) is 11.8 Å². The van der Waals surface area contributed by atoms with Gasteiger partial charge in [-0.1, -0.05) is 31.4 Å². The van der Waals surface area contributed by atoms with E-state index in [1.54, 1.807) is 12.1 Å². The van der Waals surface area contributed by atoms with E-state index in [0.717, 1.165) is 12.2 Å². The Kier molecular flexibility index (Phi) is 4.24. The summed E-state index contributed by atoms with van der Waals surface area (Å²) in [4.78, 5) is 13.6. The predicted octanol–water partition coefficient (Wildman–Crippen LogP) is 3.54. The monoisotopic (exact) mass is 247 g/mol. The van der Waals surface area contributed by atoms with Gasteiger partial charge in [-0.25, -0.2) is 4.79 Å². The highest BCUT2D eigenvalue weighted by molar-refractivity contribution is 5.94. The highest BCUT2D eigenvalue weighted by Gasteiger charge is 2.23. The minimum atomic E-state index is -0.833. The molecule has 98 valence electrons. The van der Waals surface area contributed by atoms with Gasteiger partial charge < -0.3 is 10.0 Å². The van der Waals surface area contributed by atoms with E-state index in [-0.39, 0.29) is 0 Å². The van der Waals surface area contributed by atoms with Crippen LogP contribution in [0.15, 0.2) is 24.3 Å². The van der Waals surface area contributed by atoms with Crippen LogP contribution in [0.25, 0.3) is 0 Å². The first-order valence-corrected chi connectivity index (χ1v) is 6.83. The van der Waals surface area contributed by atoms with Crippen LogP contribution in [0.1, 0.15) is 49.4 Å². The van der Waals surface area contributed by atoms with Crippen molar-refractivity contribution in [3.8, 4) is 0 Å². The van der Waals surface area contributed by atoms with Crippen LogP contribution < -0.4 is 4.90 Å². The van der Waals surface area contributed by atoms with Crippen molar-refractivity contribution in [2.45, 2.75) is 45.1 Å². The lowest BCUT2D eigenvalue weighted by Crippen LogP contribution is -2.37. The second-order valence-electron chi connectivity index (χ2n) is 4.90. The molecular weight excluding hydrogens is 226 g/mol. The molecule has 2 rings (SSSR count). The van der Waals surface area contributed by atoms with Crippen molar-refractivity contribution < 1.29 is 9.90 Å². The Morgan fingerprint density at radius 1 is 1.28 bits per heavy atom. The summed E-state index contributed by atoms with van der Waals surface area (Å²) >= 11 is 0. The first kappa shape index (κ1) is 12.9. The lowest BCUT2D eigenvalue weighted by atomic mass is 9.93. The number of carbonyl (C=O) groups is 1. The second kappa shape index (κ2) is 5.89. The van der Waals surface area contributed by atoms with Crippen molar-refractivity contribution in [1.82, 2.24) is 0 Å². The zero-order chi connectivity index (χ0) is 13.0. The summed E-state index contributed by atoms with van der Waals surface area (Å²) in [6.07, 6.45) is 6.20. The molecule has 0 saturated heterocycles. The van der Waals surface area contributed by atoms with Crippen molar-refractivity contribution in [2.75, 3.05) is 11.4 Å². The Labute approximate surface area is 108 Å². The summed E-state index contributed by atoms with van der Waals surface area (Å²) in [7, 11) is 0. The van der Waals surface area contributed by atoms with Gasteiger partial charge in [0.25, 0.3) is 0 Å². The van der Waals surface area contributed by atoms with Gasteiger partial charge >= 0.3 is 5.97 Å². The number of hydrogen-bond acceptors (Lipinski definition) is 2. The Morgan fingerprint density at radius 3 is 2.56 bits per heavy atom. The molecule has 0 atom stereocenters. The van der Waals surface area contributed by atoms with Crippen LogP contribution in [-0.2, 0) is 0 Å². The van der Waals surface area contributed by atoms with Crippen molar-refractivity contribution in [3.63, 3.8) is 0 Å². The lowest BCUT2D eigenvalue weighted by molar-refractivity contribution is 0.0697. The fourth-order valence-corrected chi connectivity index (χ4v) is 2.92.